The molecule has 0 saturated heterocycles. The van der Waals surface area contributed by atoms with Gasteiger partial charge in [0.15, 0.2) is 0 Å². The normalized spacial score (nSPS) is 10.2. The van der Waals surface area contributed by atoms with E-state index < -0.39 is 0 Å². The van der Waals surface area contributed by atoms with Gasteiger partial charge in [0, 0.05) is 19.3 Å². The van der Waals surface area contributed by atoms with E-state index >= 15 is 0 Å². The second-order valence-electron chi connectivity index (χ2n) is 3.58. The Balaban J connectivity index is 2.79. The van der Waals surface area contributed by atoms with Gasteiger partial charge in [0.1, 0.15) is 4.60 Å². The Kier molecular flexibility index (Phi) is 5.46. The zero-order chi connectivity index (χ0) is 12.0. The third kappa shape index (κ3) is 3.30. The van der Waals surface area contributed by atoms with Crippen LogP contribution in [0.15, 0.2) is 22.9 Å². The number of nitrogens with zero attached hydrogens (tertiary/aromatic N) is 2. The molecular weight excluding hydrogens is 268 g/mol. The van der Waals surface area contributed by atoms with Crippen molar-refractivity contribution in [2.24, 2.45) is 0 Å². The van der Waals surface area contributed by atoms with E-state index in [1.54, 1.807) is 18.3 Å². The second kappa shape index (κ2) is 6.63. The number of carbonyl (C=O) groups is 1. The van der Waals surface area contributed by atoms with Gasteiger partial charge in [-0.1, -0.05) is 13.3 Å². The first-order valence-electron chi connectivity index (χ1n) is 5.60. The van der Waals surface area contributed by atoms with Crippen molar-refractivity contribution in [3.8, 4) is 0 Å². The third-order valence-corrected chi connectivity index (χ3v) is 3.07. The number of hydrogen-bond acceptors (Lipinski definition) is 2. The molecule has 0 aliphatic carbocycles. The number of pyridine rings is 1. The summed E-state index contributed by atoms with van der Waals surface area (Å²) in [5.74, 6) is 0.0518. The van der Waals surface area contributed by atoms with Gasteiger partial charge < -0.3 is 4.90 Å². The van der Waals surface area contributed by atoms with Gasteiger partial charge in [0.25, 0.3) is 5.91 Å². The minimum absolute atomic E-state index is 0.0518. The number of unbranched alkanes of at least 4 members (excludes halogenated alkanes) is 1. The Labute approximate surface area is 105 Å². The van der Waals surface area contributed by atoms with Gasteiger partial charge in [-0.3, -0.25) is 4.79 Å². The van der Waals surface area contributed by atoms with Gasteiger partial charge in [-0.25, -0.2) is 4.98 Å². The lowest BCUT2D eigenvalue weighted by molar-refractivity contribution is 0.0761. The molecule has 0 aliphatic rings. The van der Waals surface area contributed by atoms with Crippen molar-refractivity contribution in [2.75, 3.05) is 13.1 Å². The Morgan fingerprint density at radius 2 is 2.25 bits per heavy atom. The van der Waals surface area contributed by atoms with Crippen LogP contribution >= 0.6 is 15.9 Å². The monoisotopic (exact) mass is 284 g/mol. The van der Waals surface area contributed by atoms with Gasteiger partial charge in [-0.2, -0.15) is 0 Å². The lowest BCUT2D eigenvalue weighted by Crippen LogP contribution is -2.32. The summed E-state index contributed by atoms with van der Waals surface area (Å²) in [5.41, 5.74) is 0.639. The fourth-order valence-corrected chi connectivity index (χ4v) is 1.89. The molecule has 0 fully saturated rings. The molecule has 1 rings (SSSR count). The molecule has 88 valence electrons. The number of carbonyl (C=O) groups excluding carboxylic acids is 1. The fraction of sp³-hybridized carbons (Fsp3) is 0.500. The average Bonchev–Trinajstić information content (AvgIpc) is 2.30. The van der Waals surface area contributed by atoms with E-state index in [4.69, 9.17) is 0 Å². The minimum Gasteiger partial charge on any atom is -0.339 e. The van der Waals surface area contributed by atoms with Crippen LogP contribution in [0.4, 0.5) is 0 Å². The molecule has 1 amide bonds. The molecule has 0 aliphatic heterocycles. The molecular formula is C12H17BrN2O. The van der Waals surface area contributed by atoms with E-state index in [-0.39, 0.29) is 5.91 Å². The maximum absolute atomic E-state index is 12.2. The van der Waals surface area contributed by atoms with Crippen LogP contribution in [0.3, 0.4) is 0 Å². The summed E-state index contributed by atoms with van der Waals surface area (Å²) in [5, 5.41) is 0. The highest BCUT2D eigenvalue weighted by atomic mass is 79.9. The average molecular weight is 285 g/mol. The third-order valence-electron chi connectivity index (χ3n) is 2.44. The fourth-order valence-electron chi connectivity index (χ4n) is 1.47. The molecule has 0 unspecified atom stereocenters. The number of aromatic nitrogens is 1. The summed E-state index contributed by atoms with van der Waals surface area (Å²) in [6, 6.07) is 3.58. The smallest absolute Gasteiger partial charge is 0.256 e. The van der Waals surface area contributed by atoms with Crippen LogP contribution in [0.25, 0.3) is 0 Å². The van der Waals surface area contributed by atoms with Crippen molar-refractivity contribution in [1.82, 2.24) is 9.88 Å². The van der Waals surface area contributed by atoms with Crippen LogP contribution in [0.5, 0.6) is 0 Å². The zero-order valence-electron chi connectivity index (χ0n) is 9.74. The summed E-state index contributed by atoms with van der Waals surface area (Å²) >= 11 is 3.30. The Hall–Kier alpha value is -0.900. The van der Waals surface area contributed by atoms with Crippen molar-refractivity contribution < 1.29 is 4.79 Å². The number of amides is 1. The van der Waals surface area contributed by atoms with E-state index in [1.165, 1.54) is 0 Å². The Morgan fingerprint density at radius 1 is 1.50 bits per heavy atom. The summed E-state index contributed by atoms with van der Waals surface area (Å²) in [6.45, 7) is 5.67. The lowest BCUT2D eigenvalue weighted by Gasteiger charge is -2.20. The second-order valence-corrected chi connectivity index (χ2v) is 4.33. The first-order valence-corrected chi connectivity index (χ1v) is 6.39. The highest BCUT2D eigenvalue weighted by Crippen LogP contribution is 2.15. The summed E-state index contributed by atoms with van der Waals surface area (Å²) in [4.78, 5) is 18.1. The molecule has 4 heteroatoms. The molecule has 1 aromatic rings. The Morgan fingerprint density at radius 3 is 2.81 bits per heavy atom. The quantitative estimate of drug-likeness (QED) is 0.779. The number of halogens is 1. The highest BCUT2D eigenvalue weighted by molar-refractivity contribution is 9.10. The van der Waals surface area contributed by atoms with Crippen molar-refractivity contribution >= 4 is 21.8 Å². The van der Waals surface area contributed by atoms with Crippen LogP contribution in [0, 0.1) is 0 Å². The van der Waals surface area contributed by atoms with Crippen LogP contribution < -0.4 is 0 Å². The van der Waals surface area contributed by atoms with E-state index in [0.717, 1.165) is 25.9 Å². The number of rotatable bonds is 5. The van der Waals surface area contributed by atoms with E-state index in [9.17, 15) is 4.79 Å². The molecule has 0 atom stereocenters. The van der Waals surface area contributed by atoms with Crippen molar-refractivity contribution in [1.29, 1.82) is 0 Å². The van der Waals surface area contributed by atoms with Crippen molar-refractivity contribution in [3.63, 3.8) is 0 Å². The standard InChI is InChI=1S/C12H17BrN2O/c1-3-5-9-15(4-2)12(16)10-7-6-8-14-11(10)13/h6-8H,3-5,9H2,1-2H3. The molecule has 16 heavy (non-hydrogen) atoms. The molecule has 0 saturated carbocycles. The predicted octanol–water partition coefficient (Wildman–Crippen LogP) is 3.11. The van der Waals surface area contributed by atoms with Crippen LogP contribution in [-0.2, 0) is 0 Å². The van der Waals surface area contributed by atoms with Gasteiger partial charge >= 0.3 is 0 Å². The Bertz CT molecular complexity index is 355. The molecule has 3 nitrogen and oxygen atoms in total. The highest BCUT2D eigenvalue weighted by Gasteiger charge is 2.16. The first-order chi connectivity index (χ1) is 7.70. The van der Waals surface area contributed by atoms with E-state index in [1.807, 2.05) is 11.8 Å². The summed E-state index contributed by atoms with van der Waals surface area (Å²) < 4.78 is 0.620. The summed E-state index contributed by atoms with van der Waals surface area (Å²) in [6.07, 6.45) is 3.80. The van der Waals surface area contributed by atoms with Gasteiger partial charge in [0.05, 0.1) is 5.56 Å². The maximum atomic E-state index is 12.2. The van der Waals surface area contributed by atoms with Crippen molar-refractivity contribution in [2.45, 2.75) is 26.7 Å². The SMILES string of the molecule is CCCCN(CC)C(=O)c1cccnc1Br. The molecule has 0 spiro atoms. The summed E-state index contributed by atoms with van der Waals surface area (Å²) in [7, 11) is 0. The molecule has 0 bridgehead atoms. The molecule has 0 radical (unpaired) electrons. The van der Waals surface area contributed by atoms with Crippen LogP contribution in [0.2, 0.25) is 0 Å². The first kappa shape index (κ1) is 13.2. The largest absolute Gasteiger partial charge is 0.339 e. The van der Waals surface area contributed by atoms with Gasteiger partial charge in [-0.15, -0.1) is 0 Å². The predicted molar refractivity (Wildman–Crippen MR) is 68.4 cm³/mol. The number of hydrogen-bond donors (Lipinski definition) is 0. The van der Waals surface area contributed by atoms with E-state index in [0.29, 0.717) is 10.2 Å². The molecule has 1 aromatic heterocycles. The van der Waals surface area contributed by atoms with E-state index in [2.05, 4.69) is 27.8 Å². The topological polar surface area (TPSA) is 33.2 Å². The molecule has 0 N–H and O–H groups in total. The van der Waals surface area contributed by atoms with Gasteiger partial charge in [-0.05, 0) is 41.4 Å². The van der Waals surface area contributed by atoms with Crippen LogP contribution in [-0.4, -0.2) is 28.9 Å². The molecule has 0 aromatic carbocycles. The minimum atomic E-state index is 0.0518. The van der Waals surface area contributed by atoms with Crippen molar-refractivity contribution in [3.05, 3.63) is 28.5 Å². The molecule has 1 heterocycles. The zero-order valence-corrected chi connectivity index (χ0v) is 11.3. The lowest BCUT2D eigenvalue weighted by atomic mass is 10.2. The maximum Gasteiger partial charge on any atom is 0.256 e. The van der Waals surface area contributed by atoms with Crippen LogP contribution in [0.1, 0.15) is 37.0 Å². The van der Waals surface area contributed by atoms with Gasteiger partial charge in [0.2, 0.25) is 0 Å².